The Hall–Kier alpha value is -2.49. The van der Waals surface area contributed by atoms with E-state index in [1.165, 1.54) is 4.90 Å². The lowest BCUT2D eigenvalue weighted by molar-refractivity contribution is 0.0924. The van der Waals surface area contributed by atoms with E-state index in [0.717, 1.165) is 12.1 Å². The van der Waals surface area contributed by atoms with Crippen LogP contribution in [-0.4, -0.2) is 16.8 Å². The van der Waals surface area contributed by atoms with Crippen LogP contribution in [0.5, 0.6) is 0 Å². The molecule has 1 aromatic heterocycles. The van der Waals surface area contributed by atoms with Gasteiger partial charge in [0.15, 0.2) is 0 Å². The van der Waals surface area contributed by atoms with Crippen LogP contribution in [0.4, 0.5) is 5.69 Å². The zero-order valence-electron chi connectivity index (χ0n) is 10.5. The van der Waals surface area contributed by atoms with Crippen LogP contribution in [0, 0.1) is 0 Å². The first-order chi connectivity index (χ1) is 9.22. The summed E-state index contributed by atoms with van der Waals surface area (Å²) in [5.41, 5.74) is 2.03. The summed E-state index contributed by atoms with van der Waals surface area (Å²) in [6.45, 7) is 1.96. The van der Waals surface area contributed by atoms with Crippen molar-refractivity contribution in [1.29, 1.82) is 0 Å². The molecule has 0 aliphatic carbocycles. The van der Waals surface area contributed by atoms with E-state index in [4.69, 9.17) is 0 Å². The van der Waals surface area contributed by atoms with E-state index in [9.17, 15) is 9.59 Å². The molecule has 0 unspecified atom stereocenters. The molecule has 4 heteroatoms. The van der Waals surface area contributed by atoms with Crippen LogP contribution in [0.2, 0.25) is 0 Å². The van der Waals surface area contributed by atoms with Gasteiger partial charge in [0, 0.05) is 5.69 Å². The monoisotopic (exact) mass is 252 g/mol. The summed E-state index contributed by atoms with van der Waals surface area (Å²) in [6, 6.07) is 12.4. The predicted molar refractivity (Wildman–Crippen MR) is 71.2 cm³/mol. The number of imide groups is 1. The second-order valence-corrected chi connectivity index (χ2v) is 4.33. The molecule has 0 bridgehead atoms. The third-order valence-corrected chi connectivity index (χ3v) is 3.17. The average molecular weight is 252 g/mol. The van der Waals surface area contributed by atoms with Crippen LogP contribution in [0.25, 0.3) is 0 Å². The summed E-state index contributed by atoms with van der Waals surface area (Å²) < 4.78 is 0. The largest absolute Gasteiger partial charge is 0.284 e. The molecule has 2 aromatic rings. The number of pyridine rings is 1. The zero-order valence-corrected chi connectivity index (χ0v) is 10.5. The second kappa shape index (κ2) is 4.31. The van der Waals surface area contributed by atoms with Crippen molar-refractivity contribution in [2.75, 3.05) is 4.90 Å². The number of hydrogen-bond donors (Lipinski definition) is 0. The molecule has 3 rings (SSSR count). The Morgan fingerprint density at radius 1 is 1.00 bits per heavy atom. The van der Waals surface area contributed by atoms with Crippen LogP contribution in [0.3, 0.4) is 0 Å². The number of nitrogens with zero attached hydrogens (tertiary/aromatic N) is 2. The Labute approximate surface area is 110 Å². The molecule has 1 aromatic carbocycles. The van der Waals surface area contributed by atoms with Gasteiger partial charge in [0.2, 0.25) is 0 Å². The van der Waals surface area contributed by atoms with E-state index in [2.05, 4.69) is 4.98 Å². The van der Waals surface area contributed by atoms with Gasteiger partial charge in [-0.1, -0.05) is 25.1 Å². The average Bonchev–Trinajstić information content (AvgIpc) is 2.71. The van der Waals surface area contributed by atoms with Crippen molar-refractivity contribution >= 4 is 17.5 Å². The standard InChI is InChI=1S/C15H12N2O2/c1-2-10-8-9-12-13(16-10)15(19)17(14(12)18)11-6-4-3-5-7-11/h3-9H,2H2,1H3. The lowest BCUT2D eigenvalue weighted by Crippen LogP contribution is -2.29. The fourth-order valence-corrected chi connectivity index (χ4v) is 2.16. The fraction of sp³-hybridized carbons (Fsp3) is 0.133. The van der Waals surface area contributed by atoms with Crippen molar-refractivity contribution < 1.29 is 9.59 Å². The van der Waals surface area contributed by atoms with E-state index in [1.54, 1.807) is 36.4 Å². The fourth-order valence-electron chi connectivity index (χ4n) is 2.16. The third-order valence-electron chi connectivity index (χ3n) is 3.17. The zero-order chi connectivity index (χ0) is 13.4. The van der Waals surface area contributed by atoms with E-state index < -0.39 is 0 Å². The van der Waals surface area contributed by atoms with E-state index in [0.29, 0.717) is 11.3 Å². The predicted octanol–water partition coefficient (Wildman–Crippen LogP) is 2.44. The first-order valence-corrected chi connectivity index (χ1v) is 6.16. The Morgan fingerprint density at radius 2 is 1.74 bits per heavy atom. The van der Waals surface area contributed by atoms with Crippen molar-refractivity contribution in [1.82, 2.24) is 4.98 Å². The number of fused-ring (bicyclic) bond motifs is 1. The molecular formula is C15H12N2O2. The molecule has 0 radical (unpaired) electrons. The van der Waals surface area contributed by atoms with Gasteiger partial charge >= 0.3 is 0 Å². The maximum absolute atomic E-state index is 12.3. The number of benzene rings is 1. The van der Waals surface area contributed by atoms with Crippen LogP contribution < -0.4 is 4.90 Å². The highest BCUT2D eigenvalue weighted by atomic mass is 16.2. The highest BCUT2D eigenvalue weighted by Crippen LogP contribution is 2.27. The van der Waals surface area contributed by atoms with Gasteiger partial charge in [-0.2, -0.15) is 0 Å². The number of para-hydroxylation sites is 1. The van der Waals surface area contributed by atoms with Gasteiger partial charge in [0.05, 0.1) is 11.3 Å². The molecule has 0 N–H and O–H groups in total. The minimum atomic E-state index is -0.346. The van der Waals surface area contributed by atoms with Crippen molar-refractivity contribution in [3.63, 3.8) is 0 Å². The summed E-state index contributed by atoms with van der Waals surface area (Å²) >= 11 is 0. The number of anilines is 1. The van der Waals surface area contributed by atoms with Crippen molar-refractivity contribution in [2.45, 2.75) is 13.3 Å². The number of hydrogen-bond acceptors (Lipinski definition) is 3. The molecule has 4 nitrogen and oxygen atoms in total. The van der Waals surface area contributed by atoms with Crippen molar-refractivity contribution in [3.05, 3.63) is 59.4 Å². The minimum absolute atomic E-state index is 0.258. The molecule has 2 heterocycles. The Kier molecular flexibility index (Phi) is 2.63. The molecule has 19 heavy (non-hydrogen) atoms. The summed E-state index contributed by atoms with van der Waals surface area (Å²) in [5.74, 6) is -0.650. The molecular weight excluding hydrogens is 240 g/mol. The number of aryl methyl sites for hydroxylation is 1. The quantitative estimate of drug-likeness (QED) is 0.771. The Bertz CT molecular complexity index is 665. The molecule has 2 amide bonds. The second-order valence-electron chi connectivity index (χ2n) is 4.33. The van der Waals surface area contributed by atoms with Gasteiger partial charge in [-0.25, -0.2) is 9.88 Å². The number of carbonyl (C=O) groups is 2. The first kappa shape index (κ1) is 11.6. The summed E-state index contributed by atoms with van der Waals surface area (Å²) in [7, 11) is 0. The lowest BCUT2D eigenvalue weighted by Gasteiger charge is -2.12. The van der Waals surface area contributed by atoms with E-state index >= 15 is 0 Å². The van der Waals surface area contributed by atoms with Gasteiger partial charge < -0.3 is 0 Å². The maximum Gasteiger partial charge on any atom is 0.284 e. The molecule has 94 valence electrons. The third kappa shape index (κ3) is 1.73. The normalized spacial score (nSPS) is 13.8. The number of aromatic nitrogens is 1. The minimum Gasteiger partial charge on any atom is -0.268 e. The molecule has 0 spiro atoms. The molecule has 0 saturated carbocycles. The molecule has 0 saturated heterocycles. The number of carbonyl (C=O) groups excluding carboxylic acids is 2. The van der Waals surface area contributed by atoms with Crippen LogP contribution >= 0.6 is 0 Å². The van der Waals surface area contributed by atoms with Gasteiger partial charge in [-0.05, 0) is 30.7 Å². The summed E-state index contributed by atoms with van der Waals surface area (Å²) in [4.78, 5) is 30.0. The highest BCUT2D eigenvalue weighted by Gasteiger charge is 2.37. The van der Waals surface area contributed by atoms with Gasteiger partial charge in [-0.3, -0.25) is 9.59 Å². The SMILES string of the molecule is CCc1ccc2c(n1)C(=O)N(c1ccccc1)C2=O. The molecule has 1 aliphatic rings. The van der Waals surface area contributed by atoms with Crippen molar-refractivity contribution in [2.24, 2.45) is 0 Å². The van der Waals surface area contributed by atoms with Gasteiger partial charge in [0.25, 0.3) is 11.8 Å². The Morgan fingerprint density at radius 3 is 2.42 bits per heavy atom. The van der Waals surface area contributed by atoms with E-state index in [-0.39, 0.29) is 17.5 Å². The number of rotatable bonds is 2. The molecule has 0 atom stereocenters. The highest BCUT2D eigenvalue weighted by molar-refractivity contribution is 6.33. The smallest absolute Gasteiger partial charge is 0.268 e. The molecule has 1 aliphatic heterocycles. The van der Waals surface area contributed by atoms with Crippen LogP contribution in [0.1, 0.15) is 33.5 Å². The van der Waals surface area contributed by atoms with Gasteiger partial charge in [-0.15, -0.1) is 0 Å². The Balaban J connectivity index is 2.10. The summed E-state index contributed by atoms with van der Waals surface area (Å²) in [5, 5.41) is 0. The van der Waals surface area contributed by atoms with Crippen LogP contribution in [-0.2, 0) is 6.42 Å². The lowest BCUT2D eigenvalue weighted by atomic mass is 10.2. The maximum atomic E-state index is 12.3. The van der Waals surface area contributed by atoms with Crippen molar-refractivity contribution in [3.8, 4) is 0 Å². The van der Waals surface area contributed by atoms with Crippen LogP contribution in [0.15, 0.2) is 42.5 Å². The van der Waals surface area contributed by atoms with E-state index in [1.807, 2.05) is 13.0 Å². The summed E-state index contributed by atoms with van der Waals surface area (Å²) in [6.07, 6.45) is 0.736. The molecule has 0 fully saturated rings. The first-order valence-electron chi connectivity index (χ1n) is 6.16. The number of amides is 2. The van der Waals surface area contributed by atoms with Gasteiger partial charge in [0.1, 0.15) is 5.69 Å². The topological polar surface area (TPSA) is 50.3 Å².